The van der Waals surface area contributed by atoms with Gasteiger partial charge in [0.05, 0.1) is 13.7 Å². The molecule has 1 unspecified atom stereocenters. The van der Waals surface area contributed by atoms with Gasteiger partial charge in [-0.1, -0.05) is 0 Å². The number of fused-ring (bicyclic) bond motifs is 1. The highest BCUT2D eigenvalue weighted by Gasteiger charge is 2.28. The van der Waals surface area contributed by atoms with E-state index in [1.807, 2.05) is 0 Å². The number of ether oxygens (including phenoxy) is 2. The van der Waals surface area contributed by atoms with Crippen molar-refractivity contribution in [3.63, 3.8) is 0 Å². The van der Waals surface area contributed by atoms with Gasteiger partial charge in [0.2, 0.25) is 0 Å². The van der Waals surface area contributed by atoms with Crippen molar-refractivity contribution < 1.29 is 9.47 Å². The van der Waals surface area contributed by atoms with Crippen LogP contribution in [-0.2, 0) is 6.42 Å². The van der Waals surface area contributed by atoms with Crippen molar-refractivity contribution in [1.82, 2.24) is 5.32 Å². The van der Waals surface area contributed by atoms with Gasteiger partial charge in [0.15, 0.2) is 0 Å². The van der Waals surface area contributed by atoms with E-state index in [4.69, 9.17) is 9.47 Å². The topological polar surface area (TPSA) is 30.5 Å². The monoisotopic (exact) mass is 247 g/mol. The molecule has 98 valence electrons. The summed E-state index contributed by atoms with van der Waals surface area (Å²) in [6.07, 6.45) is 3.52. The lowest BCUT2D eigenvalue weighted by Gasteiger charge is -2.27. The van der Waals surface area contributed by atoms with Crippen LogP contribution in [0.3, 0.4) is 0 Å². The molecule has 2 aliphatic heterocycles. The molecule has 3 rings (SSSR count). The van der Waals surface area contributed by atoms with E-state index < -0.39 is 0 Å². The van der Waals surface area contributed by atoms with Crippen molar-refractivity contribution in [1.29, 1.82) is 0 Å². The molecule has 0 amide bonds. The first kappa shape index (κ1) is 11.8. The second-order valence-electron chi connectivity index (χ2n) is 5.26. The minimum atomic E-state index is 0.573. The molecule has 1 atom stereocenters. The van der Waals surface area contributed by atoms with Gasteiger partial charge in [-0.2, -0.15) is 0 Å². The summed E-state index contributed by atoms with van der Waals surface area (Å²) in [4.78, 5) is 0. The van der Waals surface area contributed by atoms with Gasteiger partial charge < -0.3 is 14.8 Å². The van der Waals surface area contributed by atoms with Crippen LogP contribution in [0.4, 0.5) is 0 Å². The molecule has 18 heavy (non-hydrogen) atoms. The van der Waals surface area contributed by atoms with Crippen LogP contribution in [0.5, 0.6) is 11.5 Å². The van der Waals surface area contributed by atoms with Gasteiger partial charge in [-0.3, -0.25) is 0 Å². The zero-order chi connectivity index (χ0) is 12.5. The van der Waals surface area contributed by atoms with E-state index in [-0.39, 0.29) is 0 Å². The fourth-order valence-corrected chi connectivity index (χ4v) is 3.28. The van der Waals surface area contributed by atoms with Gasteiger partial charge in [-0.05, 0) is 37.9 Å². The molecule has 1 aromatic rings. The summed E-state index contributed by atoms with van der Waals surface area (Å²) in [7, 11) is 1.78. The number of rotatable bonds is 2. The quantitative estimate of drug-likeness (QED) is 0.870. The first-order chi connectivity index (χ1) is 8.81. The highest BCUT2D eigenvalue weighted by Crippen LogP contribution is 2.43. The largest absolute Gasteiger partial charge is 0.496 e. The standard InChI is InChI=1S/C15H21NO2/c1-10-8-13-12(5-7-18-13)14(15(10)17-2)11-4-3-6-16-9-11/h8,11,16H,3-7,9H2,1-2H3. The van der Waals surface area contributed by atoms with E-state index >= 15 is 0 Å². The lowest BCUT2D eigenvalue weighted by Crippen LogP contribution is -2.29. The molecule has 0 radical (unpaired) electrons. The van der Waals surface area contributed by atoms with E-state index in [9.17, 15) is 0 Å². The molecule has 1 aromatic carbocycles. The third-order valence-electron chi connectivity index (χ3n) is 4.09. The molecule has 3 nitrogen and oxygen atoms in total. The van der Waals surface area contributed by atoms with Crippen molar-refractivity contribution in [2.75, 3.05) is 26.8 Å². The molecule has 1 saturated heterocycles. The lowest BCUT2D eigenvalue weighted by atomic mass is 9.85. The average Bonchev–Trinajstić information content (AvgIpc) is 2.85. The molecule has 1 fully saturated rings. The zero-order valence-corrected chi connectivity index (χ0v) is 11.2. The Morgan fingerprint density at radius 3 is 3.06 bits per heavy atom. The Labute approximate surface area is 108 Å². The molecule has 0 spiro atoms. The molecular formula is C15H21NO2. The summed E-state index contributed by atoms with van der Waals surface area (Å²) >= 11 is 0. The van der Waals surface area contributed by atoms with Gasteiger partial charge in [-0.15, -0.1) is 0 Å². The normalized spacial score (nSPS) is 22.4. The molecule has 2 heterocycles. The van der Waals surface area contributed by atoms with Crippen LogP contribution < -0.4 is 14.8 Å². The highest BCUT2D eigenvalue weighted by atomic mass is 16.5. The molecule has 0 aliphatic carbocycles. The molecule has 1 N–H and O–H groups in total. The SMILES string of the molecule is COc1c(C)cc2c(c1C1CCCNC1)CCO2. The van der Waals surface area contributed by atoms with Crippen molar-refractivity contribution >= 4 is 0 Å². The fourth-order valence-electron chi connectivity index (χ4n) is 3.28. The molecule has 0 saturated carbocycles. The Balaban J connectivity index is 2.09. The first-order valence-electron chi connectivity index (χ1n) is 6.85. The predicted octanol–water partition coefficient (Wildman–Crippen LogP) is 2.41. The maximum absolute atomic E-state index is 5.73. The minimum absolute atomic E-state index is 0.573. The Kier molecular flexibility index (Phi) is 3.16. The summed E-state index contributed by atoms with van der Waals surface area (Å²) < 4.78 is 11.4. The van der Waals surface area contributed by atoms with Crippen molar-refractivity contribution in [2.45, 2.75) is 32.1 Å². The smallest absolute Gasteiger partial charge is 0.125 e. The average molecular weight is 247 g/mol. The molecule has 2 aliphatic rings. The fraction of sp³-hybridized carbons (Fsp3) is 0.600. The van der Waals surface area contributed by atoms with E-state index in [1.165, 1.54) is 29.5 Å². The van der Waals surface area contributed by atoms with Crippen LogP contribution in [0, 0.1) is 6.92 Å². The second-order valence-corrected chi connectivity index (χ2v) is 5.26. The van der Waals surface area contributed by atoms with Crippen LogP contribution in [0.15, 0.2) is 6.07 Å². The number of hydrogen-bond acceptors (Lipinski definition) is 3. The third-order valence-corrected chi connectivity index (χ3v) is 4.09. The number of nitrogens with one attached hydrogen (secondary N) is 1. The molecule has 3 heteroatoms. The van der Waals surface area contributed by atoms with Crippen LogP contribution in [0.1, 0.15) is 35.4 Å². The second kappa shape index (κ2) is 4.81. The van der Waals surface area contributed by atoms with E-state index in [0.29, 0.717) is 5.92 Å². The molecule has 0 aromatic heterocycles. The zero-order valence-electron chi connectivity index (χ0n) is 11.2. The van der Waals surface area contributed by atoms with Gasteiger partial charge in [0.25, 0.3) is 0 Å². The van der Waals surface area contributed by atoms with Gasteiger partial charge in [0, 0.05) is 30.0 Å². The van der Waals surface area contributed by atoms with E-state index in [0.717, 1.165) is 37.6 Å². The van der Waals surface area contributed by atoms with Crippen molar-refractivity contribution in [2.24, 2.45) is 0 Å². The maximum atomic E-state index is 5.73. The van der Waals surface area contributed by atoms with Crippen LogP contribution in [0.2, 0.25) is 0 Å². The van der Waals surface area contributed by atoms with Crippen LogP contribution in [-0.4, -0.2) is 26.8 Å². The number of benzene rings is 1. The van der Waals surface area contributed by atoms with Crippen LogP contribution in [0.25, 0.3) is 0 Å². The summed E-state index contributed by atoms with van der Waals surface area (Å²) in [5, 5.41) is 3.50. The van der Waals surface area contributed by atoms with E-state index in [2.05, 4.69) is 18.3 Å². The predicted molar refractivity (Wildman–Crippen MR) is 71.8 cm³/mol. The van der Waals surface area contributed by atoms with Crippen LogP contribution >= 0.6 is 0 Å². The summed E-state index contributed by atoms with van der Waals surface area (Å²) in [5.74, 6) is 2.73. The first-order valence-corrected chi connectivity index (χ1v) is 6.85. The highest BCUT2D eigenvalue weighted by molar-refractivity contribution is 5.56. The molecular weight excluding hydrogens is 226 g/mol. The van der Waals surface area contributed by atoms with Crippen molar-refractivity contribution in [3.05, 3.63) is 22.8 Å². The summed E-state index contributed by atoms with van der Waals surface area (Å²) in [5.41, 5.74) is 3.97. The lowest BCUT2D eigenvalue weighted by molar-refractivity contribution is 0.355. The summed E-state index contributed by atoms with van der Waals surface area (Å²) in [6.45, 7) is 5.13. The summed E-state index contributed by atoms with van der Waals surface area (Å²) in [6, 6.07) is 2.13. The minimum Gasteiger partial charge on any atom is -0.496 e. The number of hydrogen-bond donors (Lipinski definition) is 1. The number of piperidine rings is 1. The Bertz CT molecular complexity index is 447. The van der Waals surface area contributed by atoms with Gasteiger partial charge in [-0.25, -0.2) is 0 Å². The van der Waals surface area contributed by atoms with E-state index in [1.54, 1.807) is 7.11 Å². The Morgan fingerprint density at radius 1 is 1.44 bits per heavy atom. The third kappa shape index (κ3) is 1.87. The Hall–Kier alpha value is -1.22. The number of methoxy groups -OCH3 is 1. The molecule has 0 bridgehead atoms. The van der Waals surface area contributed by atoms with Crippen molar-refractivity contribution in [3.8, 4) is 11.5 Å². The van der Waals surface area contributed by atoms with Gasteiger partial charge in [0.1, 0.15) is 11.5 Å². The van der Waals surface area contributed by atoms with Gasteiger partial charge >= 0.3 is 0 Å². The maximum Gasteiger partial charge on any atom is 0.125 e. The Morgan fingerprint density at radius 2 is 2.33 bits per heavy atom. The number of aryl methyl sites for hydroxylation is 1.